The molecule has 0 saturated carbocycles. The summed E-state index contributed by atoms with van der Waals surface area (Å²) >= 11 is 0. The number of benzene rings is 1. The fourth-order valence-corrected chi connectivity index (χ4v) is 2.08. The van der Waals surface area contributed by atoms with Gasteiger partial charge in [-0.3, -0.25) is 4.68 Å². The van der Waals surface area contributed by atoms with Crippen LogP contribution in [-0.4, -0.2) is 27.9 Å². The van der Waals surface area contributed by atoms with Gasteiger partial charge < -0.3 is 10.1 Å². The molecule has 0 radical (unpaired) electrons. The summed E-state index contributed by atoms with van der Waals surface area (Å²) in [5.41, 5.74) is 2.50. The zero-order valence-electron chi connectivity index (χ0n) is 13.0. The van der Waals surface area contributed by atoms with Gasteiger partial charge in [0.05, 0.1) is 0 Å². The van der Waals surface area contributed by atoms with E-state index in [1.54, 1.807) is 11.0 Å². The topological polar surface area (TPSA) is 52.0 Å². The van der Waals surface area contributed by atoms with Crippen molar-refractivity contribution in [2.24, 2.45) is 13.0 Å². The first-order chi connectivity index (χ1) is 10.1. The van der Waals surface area contributed by atoms with Crippen LogP contribution in [-0.2, 0) is 20.1 Å². The van der Waals surface area contributed by atoms with E-state index in [1.165, 1.54) is 11.1 Å². The van der Waals surface area contributed by atoms with E-state index in [9.17, 15) is 0 Å². The van der Waals surface area contributed by atoms with Gasteiger partial charge in [0, 0.05) is 7.05 Å². The first-order valence-corrected chi connectivity index (χ1v) is 7.41. The van der Waals surface area contributed by atoms with Gasteiger partial charge in [0.2, 0.25) is 0 Å². The van der Waals surface area contributed by atoms with Crippen molar-refractivity contribution in [2.75, 3.05) is 13.1 Å². The van der Waals surface area contributed by atoms with Gasteiger partial charge in [0.15, 0.2) is 0 Å². The van der Waals surface area contributed by atoms with Gasteiger partial charge in [-0.25, -0.2) is 0 Å². The predicted molar refractivity (Wildman–Crippen MR) is 83.2 cm³/mol. The lowest BCUT2D eigenvalue weighted by atomic mass is 10.1. The second-order valence-corrected chi connectivity index (χ2v) is 5.61. The van der Waals surface area contributed by atoms with E-state index >= 15 is 0 Å². The van der Waals surface area contributed by atoms with Gasteiger partial charge in [-0.15, -0.1) is 5.10 Å². The molecule has 2 aromatic rings. The quantitative estimate of drug-likeness (QED) is 0.757. The summed E-state index contributed by atoms with van der Waals surface area (Å²) in [7, 11) is 1.83. The van der Waals surface area contributed by atoms with Crippen LogP contribution < -0.4 is 10.1 Å². The van der Waals surface area contributed by atoms with E-state index in [1.807, 2.05) is 13.1 Å². The Balaban J connectivity index is 1.87. The Hall–Kier alpha value is -1.88. The number of hydrogen-bond donors (Lipinski definition) is 1. The molecular weight excluding hydrogens is 264 g/mol. The SMILES string of the molecule is CC(C)CNCCc1ccccc1COc1ncn(C)n1. The van der Waals surface area contributed by atoms with Crippen LogP contribution in [0.3, 0.4) is 0 Å². The maximum absolute atomic E-state index is 5.63. The minimum Gasteiger partial charge on any atom is -0.458 e. The number of nitrogens with one attached hydrogen (secondary N) is 1. The van der Waals surface area contributed by atoms with Crippen molar-refractivity contribution in [2.45, 2.75) is 26.9 Å². The highest BCUT2D eigenvalue weighted by Crippen LogP contribution is 2.12. The standard InChI is InChI=1S/C16H24N4O/c1-13(2)10-17-9-8-14-6-4-5-7-15(14)11-21-16-18-12-20(3)19-16/h4-7,12-13,17H,8-11H2,1-3H3. The number of hydrogen-bond acceptors (Lipinski definition) is 4. The summed E-state index contributed by atoms with van der Waals surface area (Å²) in [6, 6.07) is 8.78. The Labute approximate surface area is 126 Å². The molecule has 1 aromatic heterocycles. The second-order valence-electron chi connectivity index (χ2n) is 5.61. The molecule has 0 aliphatic heterocycles. The van der Waals surface area contributed by atoms with E-state index < -0.39 is 0 Å². The lowest BCUT2D eigenvalue weighted by Gasteiger charge is -2.11. The minimum absolute atomic E-state index is 0.422. The molecule has 0 atom stereocenters. The summed E-state index contributed by atoms with van der Waals surface area (Å²) in [5.74, 6) is 0.679. The number of ether oxygens (including phenoxy) is 1. The van der Waals surface area contributed by atoms with E-state index in [-0.39, 0.29) is 0 Å². The number of aromatic nitrogens is 3. The zero-order chi connectivity index (χ0) is 15.1. The molecule has 0 amide bonds. The molecule has 5 nitrogen and oxygen atoms in total. The van der Waals surface area contributed by atoms with E-state index in [4.69, 9.17) is 4.74 Å². The number of nitrogens with zero attached hydrogens (tertiary/aromatic N) is 3. The monoisotopic (exact) mass is 288 g/mol. The average Bonchev–Trinajstić information content (AvgIpc) is 2.88. The molecule has 0 unspecified atom stereocenters. The van der Waals surface area contributed by atoms with Gasteiger partial charge >= 0.3 is 6.01 Å². The molecule has 0 spiro atoms. The average molecular weight is 288 g/mol. The Bertz CT molecular complexity index is 551. The van der Waals surface area contributed by atoms with Crippen molar-refractivity contribution in [1.29, 1.82) is 0 Å². The molecule has 1 N–H and O–H groups in total. The maximum Gasteiger partial charge on any atom is 0.335 e. The summed E-state index contributed by atoms with van der Waals surface area (Å²) in [6.45, 7) is 6.97. The second kappa shape index (κ2) is 7.78. The number of aryl methyl sites for hydroxylation is 1. The van der Waals surface area contributed by atoms with E-state index in [2.05, 4.69) is 47.4 Å². The largest absolute Gasteiger partial charge is 0.458 e. The third-order valence-corrected chi connectivity index (χ3v) is 3.18. The van der Waals surface area contributed by atoms with Crippen molar-refractivity contribution in [3.05, 3.63) is 41.7 Å². The van der Waals surface area contributed by atoms with Crippen LogP contribution in [0.5, 0.6) is 6.01 Å². The van der Waals surface area contributed by atoms with Crippen LogP contribution >= 0.6 is 0 Å². The van der Waals surface area contributed by atoms with Crippen LogP contribution in [0.15, 0.2) is 30.6 Å². The summed E-state index contributed by atoms with van der Waals surface area (Å²) < 4.78 is 7.27. The molecule has 1 heterocycles. The highest BCUT2D eigenvalue weighted by molar-refractivity contribution is 5.27. The third kappa shape index (κ3) is 5.19. The molecule has 0 fully saturated rings. The molecule has 2 rings (SSSR count). The molecular formula is C16H24N4O. The fourth-order valence-electron chi connectivity index (χ4n) is 2.08. The zero-order valence-corrected chi connectivity index (χ0v) is 13.0. The van der Waals surface area contributed by atoms with Crippen LogP contribution in [0.2, 0.25) is 0 Å². The highest BCUT2D eigenvalue weighted by Gasteiger charge is 2.05. The fraction of sp³-hybridized carbons (Fsp3) is 0.500. The van der Waals surface area contributed by atoms with Crippen molar-refractivity contribution in [3.8, 4) is 6.01 Å². The molecule has 0 saturated heterocycles. The van der Waals surface area contributed by atoms with E-state index in [0.717, 1.165) is 19.5 Å². The van der Waals surface area contributed by atoms with Crippen LogP contribution in [0.1, 0.15) is 25.0 Å². The van der Waals surface area contributed by atoms with Gasteiger partial charge in [-0.05, 0) is 36.6 Å². The maximum atomic E-state index is 5.63. The number of rotatable bonds is 8. The normalized spacial score (nSPS) is 11.0. The van der Waals surface area contributed by atoms with Crippen molar-refractivity contribution < 1.29 is 4.74 Å². The van der Waals surface area contributed by atoms with Gasteiger partial charge in [-0.2, -0.15) is 4.98 Å². The highest BCUT2D eigenvalue weighted by atomic mass is 16.5. The molecule has 114 valence electrons. The minimum atomic E-state index is 0.422. The van der Waals surface area contributed by atoms with Crippen molar-refractivity contribution >= 4 is 0 Å². The Morgan fingerprint density at radius 3 is 2.67 bits per heavy atom. The lowest BCUT2D eigenvalue weighted by Crippen LogP contribution is -2.22. The van der Waals surface area contributed by atoms with Gasteiger partial charge in [0.25, 0.3) is 0 Å². The third-order valence-electron chi connectivity index (χ3n) is 3.18. The van der Waals surface area contributed by atoms with Crippen LogP contribution in [0.4, 0.5) is 0 Å². The predicted octanol–water partition coefficient (Wildman–Crippen LogP) is 2.18. The van der Waals surface area contributed by atoms with Crippen LogP contribution in [0, 0.1) is 5.92 Å². The Morgan fingerprint density at radius 1 is 1.24 bits per heavy atom. The van der Waals surface area contributed by atoms with Crippen molar-refractivity contribution in [3.63, 3.8) is 0 Å². The van der Waals surface area contributed by atoms with E-state index in [0.29, 0.717) is 18.5 Å². The molecule has 0 bridgehead atoms. The molecule has 1 aromatic carbocycles. The first-order valence-electron chi connectivity index (χ1n) is 7.41. The smallest absolute Gasteiger partial charge is 0.335 e. The van der Waals surface area contributed by atoms with Gasteiger partial charge in [0.1, 0.15) is 12.9 Å². The Kier molecular flexibility index (Phi) is 5.75. The van der Waals surface area contributed by atoms with Crippen molar-refractivity contribution in [1.82, 2.24) is 20.1 Å². The molecule has 0 aliphatic rings. The molecule has 5 heteroatoms. The summed E-state index contributed by atoms with van der Waals surface area (Å²) in [4.78, 5) is 4.07. The first kappa shape index (κ1) is 15.5. The summed E-state index contributed by atoms with van der Waals surface area (Å²) in [5, 5.41) is 7.59. The van der Waals surface area contributed by atoms with Gasteiger partial charge in [-0.1, -0.05) is 38.1 Å². The Morgan fingerprint density at radius 2 is 2.00 bits per heavy atom. The summed E-state index contributed by atoms with van der Waals surface area (Å²) in [6.07, 6.45) is 2.64. The van der Waals surface area contributed by atoms with Crippen LogP contribution in [0.25, 0.3) is 0 Å². The lowest BCUT2D eigenvalue weighted by molar-refractivity contribution is 0.279. The molecule has 21 heavy (non-hydrogen) atoms. The molecule has 0 aliphatic carbocycles.